The molecule has 0 aliphatic rings. The zero-order chi connectivity index (χ0) is 14.3. The lowest BCUT2D eigenvalue weighted by Crippen LogP contribution is -1.63. The highest BCUT2D eigenvalue weighted by Gasteiger charge is 2.14. The first-order valence-corrected chi connectivity index (χ1v) is 10.4. The molecule has 0 bridgehead atoms. The van der Waals surface area contributed by atoms with Gasteiger partial charge >= 0.3 is 0 Å². The summed E-state index contributed by atoms with van der Waals surface area (Å²) in [6, 6.07) is 13.9. The molecule has 0 atom stereocenters. The van der Waals surface area contributed by atoms with E-state index < -0.39 is 0 Å². The molecule has 0 unspecified atom stereocenters. The highest BCUT2D eigenvalue weighted by Crippen LogP contribution is 2.46. The molecule has 104 valence electrons. The van der Waals surface area contributed by atoms with Crippen molar-refractivity contribution in [3.05, 3.63) is 47.2 Å². The van der Waals surface area contributed by atoms with Crippen molar-refractivity contribution in [2.45, 2.75) is 0 Å². The highest BCUT2D eigenvalue weighted by molar-refractivity contribution is 7.36. The lowest BCUT2D eigenvalue weighted by molar-refractivity contribution is 2.08. The summed E-state index contributed by atoms with van der Waals surface area (Å²) >= 11 is 7.56. The van der Waals surface area contributed by atoms with Crippen LogP contribution >= 0.6 is 45.3 Å². The lowest BCUT2D eigenvalue weighted by Gasteiger charge is -1.93. The van der Waals surface area contributed by atoms with Crippen molar-refractivity contribution in [2.24, 2.45) is 0 Å². The van der Waals surface area contributed by atoms with Gasteiger partial charge in [-0.05, 0) is 57.9 Å². The molecule has 0 N–H and O–H groups in total. The van der Waals surface area contributed by atoms with Gasteiger partial charge in [0.25, 0.3) is 0 Å². The second kappa shape index (κ2) is 4.09. The predicted molar refractivity (Wildman–Crippen MR) is 105 cm³/mol. The topological polar surface area (TPSA) is 0 Å². The van der Waals surface area contributed by atoms with Gasteiger partial charge in [-0.1, -0.05) is 0 Å². The fourth-order valence-corrected chi connectivity index (χ4v) is 7.48. The Morgan fingerprint density at radius 2 is 1.05 bits per heavy atom. The summed E-state index contributed by atoms with van der Waals surface area (Å²) in [5.74, 6) is 0. The van der Waals surface area contributed by atoms with Gasteiger partial charge in [0.15, 0.2) is 0 Å². The Balaban J connectivity index is 1.86. The van der Waals surface area contributed by atoms with E-state index in [1.54, 1.807) is 0 Å². The summed E-state index contributed by atoms with van der Waals surface area (Å²) in [4.78, 5) is 0. The van der Waals surface area contributed by atoms with E-state index in [1.807, 2.05) is 45.3 Å². The molecule has 0 aliphatic heterocycles. The van der Waals surface area contributed by atoms with E-state index in [2.05, 4.69) is 47.2 Å². The molecule has 4 heterocycles. The molecule has 0 aliphatic carbocycles. The molecule has 0 radical (unpaired) electrons. The third kappa shape index (κ3) is 1.46. The normalized spacial score (nSPS) is 12.5. The monoisotopic (exact) mass is 352 g/mol. The van der Waals surface area contributed by atoms with Crippen LogP contribution in [0.5, 0.6) is 0 Å². The number of hydrogen-bond acceptors (Lipinski definition) is 4. The van der Waals surface area contributed by atoms with Gasteiger partial charge in [0, 0.05) is 29.6 Å². The molecule has 4 heteroatoms. The number of benzene rings is 2. The van der Waals surface area contributed by atoms with Crippen LogP contribution in [0.4, 0.5) is 0 Å². The van der Waals surface area contributed by atoms with E-state index in [0.717, 1.165) is 0 Å². The van der Waals surface area contributed by atoms with Crippen molar-refractivity contribution in [3.8, 4) is 0 Å². The van der Waals surface area contributed by atoms with Gasteiger partial charge in [0.1, 0.15) is 0 Å². The van der Waals surface area contributed by atoms with Gasteiger partial charge in [-0.15, -0.1) is 45.3 Å². The minimum absolute atomic E-state index is 1.37. The first kappa shape index (κ1) is 12.0. The van der Waals surface area contributed by atoms with Crippen LogP contribution in [0.3, 0.4) is 0 Å². The quantitative estimate of drug-likeness (QED) is 0.263. The lowest BCUT2D eigenvalue weighted by atomic mass is 10.2. The average Bonchev–Trinajstić information content (AvgIpc) is 3.25. The molecule has 2 aromatic carbocycles. The molecular formula is C18H8S4. The second-order valence-electron chi connectivity index (χ2n) is 5.48. The van der Waals surface area contributed by atoms with Crippen molar-refractivity contribution in [1.82, 2.24) is 0 Å². The molecule has 0 saturated heterocycles. The maximum absolute atomic E-state index is 2.38. The molecule has 0 amide bonds. The van der Waals surface area contributed by atoms with Crippen LogP contribution in [0.15, 0.2) is 47.2 Å². The molecule has 0 spiro atoms. The third-order valence-electron chi connectivity index (χ3n) is 4.23. The molecular weight excluding hydrogens is 344 g/mol. The summed E-state index contributed by atoms with van der Waals surface area (Å²) in [6.07, 6.45) is 0. The van der Waals surface area contributed by atoms with Gasteiger partial charge in [-0.3, -0.25) is 0 Å². The summed E-state index contributed by atoms with van der Waals surface area (Å²) < 4.78 is 8.54. The Morgan fingerprint density at radius 3 is 1.55 bits per heavy atom. The zero-order valence-corrected chi connectivity index (χ0v) is 14.5. The minimum atomic E-state index is 1.37. The van der Waals surface area contributed by atoms with E-state index in [4.69, 9.17) is 0 Å². The Morgan fingerprint density at radius 1 is 0.545 bits per heavy atom. The van der Waals surface area contributed by atoms with Crippen LogP contribution in [-0.2, 0) is 0 Å². The van der Waals surface area contributed by atoms with Crippen LogP contribution in [-0.4, -0.2) is 0 Å². The van der Waals surface area contributed by atoms with Crippen molar-refractivity contribution in [2.75, 3.05) is 0 Å². The van der Waals surface area contributed by atoms with E-state index in [9.17, 15) is 0 Å². The Hall–Kier alpha value is -1.46. The summed E-state index contributed by atoms with van der Waals surface area (Å²) in [5, 5.41) is 9.97. The standard InChI is InChI=1S/C18H8S4/c1-3-19-13-7-11-15(5-9(1)13)21-18-12-8-14-10(2-4-20-14)6-16(12)22-17(11)18/h1-8H. The maximum atomic E-state index is 2.38. The first-order valence-electron chi connectivity index (χ1n) is 7.00. The smallest absolute Gasteiger partial charge is 0.0542 e. The van der Waals surface area contributed by atoms with E-state index in [-0.39, 0.29) is 0 Å². The highest BCUT2D eigenvalue weighted by atomic mass is 32.1. The molecule has 22 heavy (non-hydrogen) atoms. The average molecular weight is 353 g/mol. The van der Waals surface area contributed by atoms with Crippen molar-refractivity contribution in [1.29, 1.82) is 0 Å². The second-order valence-corrected chi connectivity index (χ2v) is 9.48. The first-order chi connectivity index (χ1) is 10.9. The van der Waals surface area contributed by atoms with Gasteiger partial charge in [0.05, 0.1) is 9.40 Å². The predicted octanol–water partition coefficient (Wildman–Crippen LogP) is 7.70. The van der Waals surface area contributed by atoms with Gasteiger partial charge < -0.3 is 0 Å². The fourth-order valence-electron chi connectivity index (χ4n) is 3.17. The van der Waals surface area contributed by atoms with Crippen LogP contribution in [0, 0.1) is 0 Å². The van der Waals surface area contributed by atoms with Crippen LogP contribution in [0.2, 0.25) is 0 Å². The Bertz CT molecular complexity index is 1220. The van der Waals surface area contributed by atoms with Crippen molar-refractivity contribution in [3.63, 3.8) is 0 Å². The van der Waals surface area contributed by atoms with E-state index in [0.29, 0.717) is 0 Å². The van der Waals surface area contributed by atoms with Gasteiger partial charge in [-0.2, -0.15) is 0 Å². The van der Waals surface area contributed by atoms with E-state index >= 15 is 0 Å². The SMILES string of the molecule is c1cc2cc3sc4c5cc6sccc6cc5sc4c3cc2s1. The fraction of sp³-hybridized carbons (Fsp3) is 0. The zero-order valence-electron chi connectivity index (χ0n) is 11.3. The number of thiophene rings is 4. The van der Waals surface area contributed by atoms with Crippen LogP contribution in [0.1, 0.15) is 0 Å². The molecule has 0 fully saturated rings. The molecule has 4 aromatic heterocycles. The molecule has 6 rings (SSSR count). The maximum Gasteiger partial charge on any atom is 0.0542 e. The number of fused-ring (bicyclic) bond motifs is 7. The minimum Gasteiger partial charge on any atom is -0.144 e. The number of hydrogen-bond donors (Lipinski definition) is 0. The molecule has 0 nitrogen and oxygen atoms in total. The summed E-state index contributed by atoms with van der Waals surface area (Å²) in [7, 11) is 0. The van der Waals surface area contributed by atoms with Crippen molar-refractivity contribution < 1.29 is 0 Å². The van der Waals surface area contributed by atoms with Crippen LogP contribution < -0.4 is 0 Å². The van der Waals surface area contributed by atoms with Gasteiger partial charge in [0.2, 0.25) is 0 Å². The van der Waals surface area contributed by atoms with E-state index in [1.165, 1.54) is 49.7 Å². The number of rotatable bonds is 0. The third-order valence-corrected chi connectivity index (χ3v) is 8.49. The largest absolute Gasteiger partial charge is 0.144 e. The van der Waals surface area contributed by atoms with Crippen LogP contribution in [0.25, 0.3) is 49.7 Å². The summed E-state index contributed by atoms with van der Waals surface area (Å²) in [6.45, 7) is 0. The van der Waals surface area contributed by atoms with Crippen molar-refractivity contribution >= 4 is 95.1 Å². The molecule has 6 aromatic rings. The Labute approximate surface area is 141 Å². The molecule has 0 saturated carbocycles. The Kier molecular flexibility index (Phi) is 2.23. The summed E-state index contributed by atoms with van der Waals surface area (Å²) in [5.41, 5.74) is 0. The van der Waals surface area contributed by atoms with Gasteiger partial charge in [-0.25, -0.2) is 0 Å².